The lowest BCUT2D eigenvalue weighted by Gasteiger charge is -2.14. The first-order valence-corrected chi connectivity index (χ1v) is 9.02. The van der Waals surface area contributed by atoms with Crippen molar-refractivity contribution in [2.24, 2.45) is 4.99 Å². The lowest BCUT2D eigenvalue weighted by atomic mass is 10.1. The Morgan fingerprint density at radius 2 is 1.75 bits per heavy atom. The first kappa shape index (κ1) is 17.9. The van der Waals surface area contributed by atoms with Crippen molar-refractivity contribution >= 4 is 34.4 Å². The van der Waals surface area contributed by atoms with Gasteiger partial charge in [-0.3, -0.25) is 4.79 Å². The molecule has 4 rings (SSSR count). The summed E-state index contributed by atoms with van der Waals surface area (Å²) >= 11 is 6.28. The van der Waals surface area contributed by atoms with Crippen LogP contribution in [0.2, 0.25) is 5.02 Å². The summed E-state index contributed by atoms with van der Waals surface area (Å²) in [6.45, 7) is 1.94. The van der Waals surface area contributed by atoms with E-state index in [1.807, 2.05) is 19.1 Å². The van der Waals surface area contributed by atoms with Crippen LogP contribution in [-0.2, 0) is 0 Å². The van der Waals surface area contributed by atoms with Gasteiger partial charge in [-0.15, -0.1) is 0 Å². The maximum absolute atomic E-state index is 13.1. The first-order valence-electron chi connectivity index (χ1n) is 8.64. The summed E-state index contributed by atoms with van der Waals surface area (Å²) < 4.78 is 1.20. The third-order valence-electron chi connectivity index (χ3n) is 4.42. The molecule has 0 saturated carbocycles. The molecular formula is C22H16ClN3O2. The minimum absolute atomic E-state index is 0.229. The number of aryl methyl sites for hydroxylation is 1. The molecule has 0 aliphatic carbocycles. The summed E-state index contributed by atoms with van der Waals surface area (Å²) in [6, 6.07) is 17.6. The molecule has 2 aromatic carbocycles. The van der Waals surface area contributed by atoms with Crippen LogP contribution in [-0.4, -0.2) is 20.9 Å². The van der Waals surface area contributed by atoms with Crippen LogP contribution in [0.25, 0.3) is 16.5 Å². The molecule has 0 bridgehead atoms. The standard InChI is InChI=1S/C22H16ClN3O2/c1-14-10-11-20(24-12-14)25-13-17-15-6-2-3-7-16(15)21(27)26(22(17)28)19-9-5-4-8-18(19)23/h2-13,28H,1H3. The summed E-state index contributed by atoms with van der Waals surface area (Å²) in [7, 11) is 0. The van der Waals surface area contributed by atoms with Crippen LogP contribution in [0.1, 0.15) is 11.1 Å². The number of pyridine rings is 2. The van der Waals surface area contributed by atoms with Gasteiger partial charge in [-0.1, -0.05) is 48.0 Å². The molecule has 1 N–H and O–H groups in total. The fourth-order valence-corrected chi connectivity index (χ4v) is 3.23. The fourth-order valence-electron chi connectivity index (χ4n) is 3.01. The molecule has 6 heteroatoms. The van der Waals surface area contributed by atoms with E-state index >= 15 is 0 Å². The molecule has 0 aliphatic heterocycles. The number of rotatable bonds is 3. The van der Waals surface area contributed by atoms with Gasteiger partial charge in [0, 0.05) is 23.2 Å². The van der Waals surface area contributed by atoms with Crippen molar-refractivity contribution in [3.63, 3.8) is 0 Å². The molecule has 138 valence electrons. The number of aliphatic imine (C=N–C) groups is 1. The molecular weight excluding hydrogens is 374 g/mol. The average Bonchev–Trinajstić information content (AvgIpc) is 2.71. The molecule has 0 unspecified atom stereocenters. The number of nitrogens with zero attached hydrogens (tertiary/aromatic N) is 3. The Morgan fingerprint density at radius 3 is 2.46 bits per heavy atom. The van der Waals surface area contributed by atoms with Crippen molar-refractivity contribution in [1.82, 2.24) is 9.55 Å². The van der Waals surface area contributed by atoms with Gasteiger partial charge < -0.3 is 5.11 Å². The van der Waals surface area contributed by atoms with E-state index in [9.17, 15) is 9.90 Å². The topological polar surface area (TPSA) is 67.5 Å². The van der Waals surface area contributed by atoms with Crippen LogP contribution < -0.4 is 5.56 Å². The molecule has 0 atom stereocenters. The number of hydrogen-bond acceptors (Lipinski definition) is 4. The number of para-hydroxylation sites is 1. The Hall–Kier alpha value is -3.44. The highest BCUT2D eigenvalue weighted by atomic mass is 35.5. The van der Waals surface area contributed by atoms with Crippen LogP contribution in [0.5, 0.6) is 5.88 Å². The number of hydrogen-bond donors (Lipinski definition) is 1. The number of aromatic hydroxyl groups is 1. The van der Waals surface area contributed by atoms with E-state index in [1.54, 1.807) is 54.7 Å². The molecule has 28 heavy (non-hydrogen) atoms. The summed E-state index contributed by atoms with van der Waals surface area (Å²) in [5.74, 6) is 0.275. The third-order valence-corrected chi connectivity index (χ3v) is 4.74. The Bertz CT molecular complexity index is 1260. The lowest BCUT2D eigenvalue weighted by molar-refractivity contribution is 0.436. The van der Waals surface area contributed by atoms with Gasteiger partial charge >= 0.3 is 0 Å². The lowest BCUT2D eigenvalue weighted by Crippen LogP contribution is -2.20. The van der Waals surface area contributed by atoms with Gasteiger partial charge in [0.15, 0.2) is 5.82 Å². The van der Waals surface area contributed by atoms with Crippen molar-refractivity contribution in [3.8, 4) is 11.6 Å². The van der Waals surface area contributed by atoms with E-state index in [0.717, 1.165) is 5.56 Å². The summed E-state index contributed by atoms with van der Waals surface area (Å²) in [5, 5.41) is 12.4. The number of halogens is 1. The van der Waals surface area contributed by atoms with E-state index in [1.165, 1.54) is 10.8 Å². The Balaban J connectivity index is 1.99. The van der Waals surface area contributed by atoms with Crippen molar-refractivity contribution in [2.75, 3.05) is 0 Å². The summed E-state index contributed by atoms with van der Waals surface area (Å²) in [4.78, 5) is 21.7. The van der Waals surface area contributed by atoms with Crippen LogP contribution >= 0.6 is 11.6 Å². The predicted octanol–water partition coefficient (Wildman–Crippen LogP) is 4.80. The highest BCUT2D eigenvalue weighted by molar-refractivity contribution is 6.32. The van der Waals surface area contributed by atoms with Gasteiger partial charge in [0.2, 0.25) is 5.88 Å². The van der Waals surface area contributed by atoms with E-state index in [2.05, 4.69) is 9.98 Å². The third kappa shape index (κ3) is 3.17. The maximum Gasteiger partial charge on any atom is 0.265 e. The zero-order valence-corrected chi connectivity index (χ0v) is 15.8. The van der Waals surface area contributed by atoms with E-state index in [-0.39, 0.29) is 11.4 Å². The number of aromatic nitrogens is 2. The van der Waals surface area contributed by atoms with Crippen LogP contribution in [0, 0.1) is 6.92 Å². The summed E-state index contributed by atoms with van der Waals surface area (Å²) in [6.07, 6.45) is 3.23. The quantitative estimate of drug-likeness (QED) is 0.511. The smallest absolute Gasteiger partial charge is 0.265 e. The van der Waals surface area contributed by atoms with Gasteiger partial charge in [-0.05, 0) is 36.8 Å². The van der Waals surface area contributed by atoms with Gasteiger partial charge in [0.1, 0.15) is 0 Å². The maximum atomic E-state index is 13.1. The monoisotopic (exact) mass is 389 g/mol. The fraction of sp³-hybridized carbons (Fsp3) is 0.0455. The SMILES string of the molecule is Cc1ccc(N=Cc2c(O)n(-c3ccccc3Cl)c(=O)c3ccccc23)nc1. The Morgan fingerprint density at radius 1 is 1.04 bits per heavy atom. The van der Waals surface area contributed by atoms with Crippen molar-refractivity contribution in [1.29, 1.82) is 0 Å². The van der Waals surface area contributed by atoms with Crippen molar-refractivity contribution < 1.29 is 5.11 Å². The van der Waals surface area contributed by atoms with Gasteiger partial charge in [-0.2, -0.15) is 0 Å². The van der Waals surface area contributed by atoms with Gasteiger partial charge in [0.05, 0.1) is 16.3 Å². The van der Waals surface area contributed by atoms with Crippen LogP contribution in [0.4, 0.5) is 5.82 Å². The predicted molar refractivity (Wildman–Crippen MR) is 112 cm³/mol. The second-order valence-electron chi connectivity index (χ2n) is 6.33. The second-order valence-corrected chi connectivity index (χ2v) is 6.73. The molecule has 0 fully saturated rings. The number of benzene rings is 2. The van der Waals surface area contributed by atoms with Gasteiger partial charge in [-0.25, -0.2) is 14.5 Å². The Labute approximate surface area is 166 Å². The number of fused-ring (bicyclic) bond motifs is 1. The molecule has 2 aromatic heterocycles. The molecule has 0 aliphatic rings. The van der Waals surface area contributed by atoms with Gasteiger partial charge in [0.25, 0.3) is 5.56 Å². The summed E-state index contributed by atoms with van der Waals surface area (Å²) in [5.41, 5.74) is 1.49. The minimum Gasteiger partial charge on any atom is -0.494 e. The molecule has 4 aromatic rings. The molecule has 0 saturated heterocycles. The van der Waals surface area contributed by atoms with Crippen LogP contribution in [0.15, 0.2) is 76.6 Å². The van der Waals surface area contributed by atoms with E-state index in [0.29, 0.717) is 32.9 Å². The zero-order valence-electron chi connectivity index (χ0n) is 15.0. The highest BCUT2D eigenvalue weighted by Gasteiger charge is 2.17. The molecule has 0 spiro atoms. The normalized spacial score (nSPS) is 11.4. The Kier molecular flexibility index (Phi) is 4.67. The highest BCUT2D eigenvalue weighted by Crippen LogP contribution is 2.29. The molecule has 0 radical (unpaired) electrons. The van der Waals surface area contributed by atoms with Crippen molar-refractivity contribution in [3.05, 3.63) is 93.4 Å². The van der Waals surface area contributed by atoms with E-state index < -0.39 is 0 Å². The minimum atomic E-state index is -0.355. The van der Waals surface area contributed by atoms with Crippen LogP contribution in [0.3, 0.4) is 0 Å². The van der Waals surface area contributed by atoms with E-state index in [4.69, 9.17) is 11.6 Å². The second kappa shape index (κ2) is 7.29. The first-order chi connectivity index (χ1) is 13.6. The van der Waals surface area contributed by atoms with Crippen molar-refractivity contribution in [2.45, 2.75) is 6.92 Å². The molecule has 2 heterocycles. The largest absolute Gasteiger partial charge is 0.494 e. The average molecular weight is 390 g/mol. The molecule has 5 nitrogen and oxygen atoms in total. The zero-order chi connectivity index (χ0) is 19.7. The molecule has 0 amide bonds.